The first-order valence-electron chi connectivity index (χ1n) is 20.9. The van der Waals surface area contributed by atoms with Crippen molar-refractivity contribution >= 4 is 65.2 Å². The van der Waals surface area contributed by atoms with Gasteiger partial charge in [-0.15, -0.1) is 0 Å². The van der Waals surface area contributed by atoms with Crippen LogP contribution in [0, 0.1) is 6.92 Å². The second-order valence-electron chi connectivity index (χ2n) is 14.5. The van der Waals surface area contributed by atoms with E-state index in [9.17, 15) is 0 Å². The number of fused-ring (bicyclic) bond motifs is 12. The molecule has 5 nitrogen and oxygen atoms in total. The van der Waals surface area contributed by atoms with E-state index in [0.29, 0.717) is 5.69 Å². The van der Waals surface area contributed by atoms with Crippen LogP contribution < -0.4 is 24.5 Å². The van der Waals surface area contributed by atoms with Gasteiger partial charge < -0.3 is 0 Å². The predicted octanol–water partition coefficient (Wildman–Crippen LogP) is 12.9. The maximum atomic E-state index is 9.09. The number of para-hydroxylation sites is 5. The fourth-order valence-electron chi connectivity index (χ4n) is 8.30. The summed E-state index contributed by atoms with van der Waals surface area (Å²) in [7, 11) is 0. The Hall–Kier alpha value is -6.81. The molecular formula is C52H39N5Pt. The number of nitrogens with zero attached hydrogens (tertiary/aromatic N) is 5. The zero-order valence-electron chi connectivity index (χ0n) is 34.6. The summed E-state index contributed by atoms with van der Waals surface area (Å²) in [6.07, 6.45) is 0. The van der Waals surface area contributed by atoms with Gasteiger partial charge in [-0.25, -0.2) is 0 Å². The Bertz CT molecular complexity index is 3000. The van der Waals surface area contributed by atoms with Gasteiger partial charge in [-0.05, 0) is 0 Å². The van der Waals surface area contributed by atoms with Gasteiger partial charge in [-0.3, -0.25) is 0 Å². The van der Waals surface area contributed by atoms with Gasteiger partial charge in [0.1, 0.15) is 0 Å². The molecule has 0 saturated carbocycles. The minimum atomic E-state index is -2.45. The fourth-order valence-corrected chi connectivity index (χ4v) is 11.7. The van der Waals surface area contributed by atoms with Gasteiger partial charge in [-0.1, -0.05) is 0 Å². The first-order valence-corrected chi connectivity index (χ1v) is 21.6. The molecule has 11 rings (SSSR count). The van der Waals surface area contributed by atoms with Gasteiger partial charge in [0.15, 0.2) is 0 Å². The quantitative estimate of drug-likeness (QED) is 0.174. The minimum absolute atomic E-state index is 0.667. The van der Waals surface area contributed by atoms with Crippen molar-refractivity contribution in [2.75, 3.05) is 31.5 Å². The predicted molar refractivity (Wildman–Crippen MR) is 241 cm³/mol. The topological polar surface area (TPSA) is 16.2 Å². The Morgan fingerprint density at radius 3 is 1.34 bits per heavy atom. The Balaban J connectivity index is 1.28. The van der Waals surface area contributed by atoms with Crippen LogP contribution in [0.3, 0.4) is 0 Å². The van der Waals surface area contributed by atoms with Gasteiger partial charge in [-0.2, -0.15) is 0 Å². The van der Waals surface area contributed by atoms with E-state index in [1.165, 1.54) is 5.56 Å². The molecule has 0 spiro atoms. The average molecular weight is 932 g/mol. The second kappa shape index (κ2) is 14.0. The molecule has 58 heavy (non-hydrogen) atoms. The normalized spacial score (nSPS) is 15.2. The van der Waals surface area contributed by atoms with Crippen molar-refractivity contribution in [1.29, 1.82) is 0 Å². The molecule has 282 valence electrons. The van der Waals surface area contributed by atoms with Crippen molar-refractivity contribution < 1.29 is 21.8 Å². The van der Waals surface area contributed by atoms with E-state index in [0.717, 1.165) is 81.7 Å². The van der Waals surface area contributed by atoms with E-state index in [4.69, 9.17) is 4.11 Å². The standard InChI is InChI=1S/C52H39N5.Pt/c1-38-30-32-41(33-31-38)55-37-56(51-29-12-11-28-50(51)55)43-21-14-23-45(35-43)57(44-22-13-20-42(34-44)54-36-53(2)48-26-9-10-27-49(48)54)52-46(39-16-5-3-6-17-39)24-15-25-47(52)40-18-7-4-8-19-40;/h3-35H,1-2H3;/i2D3;. The van der Waals surface area contributed by atoms with Crippen molar-refractivity contribution in [3.63, 3.8) is 0 Å². The molecule has 3 aliphatic rings. The number of hydrogen-bond donors (Lipinski definition) is 0. The van der Waals surface area contributed by atoms with Gasteiger partial charge in [0, 0.05) is 0 Å². The van der Waals surface area contributed by atoms with Crippen molar-refractivity contribution in [2.45, 2.75) is 6.92 Å². The fraction of sp³-hybridized carbons (Fsp3) is 0.0385. The zero-order chi connectivity index (χ0) is 41.2. The maximum absolute atomic E-state index is 9.09. The third-order valence-corrected chi connectivity index (χ3v) is 14.0. The molecule has 3 heterocycles. The molecule has 3 aliphatic heterocycles. The Kier molecular flexibility index (Phi) is 7.54. The van der Waals surface area contributed by atoms with Crippen LogP contribution in [0.5, 0.6) is 0 Å². The first kappa shape index (κ1) is 31.3. The third-order valence-electron chi connectivity index (χ3n) is 11.0. The molecule has 0 N–H and O–H groups in total. The van der Waals surface area contributed by atoms with E-state index >= 15 is 0 Å². The molecular weight excluding hydrogens is 890 g/mol. The molecule has 0 unspecified atom stereocenters. The van der Waals surface area contributed by atoms with Crippen molar-refractivity contribution in [1.82, 2.24) is 0 Å². The summed E-state index contributed by atoms with van der Waals surface area (Å²) in [4.78, 5) is 10.9. The van der Waals surface area contributed by atoms with Crippen LogP contribution in [0.15, 0.2) is 200 Å². The Morgan fingerprint density at radius 1 is 0.379 bits per heavy atom. The van der Waals surface area contributed by atoms with E-state index in [1.54, 1.807) is 4.90 Å². The monoisotopic (exact) mass is 931 g/mol. The zero-order valence-corrected chi connectivity index (χ0v) is 33.9. The summed E-state index contributed by atoms with van der Waals surface area (Å²) in [5.74, 6) is 0. The van der Waals surface area contributed by atoms with Crippen molar-refractivity contribution in [3.05, 3.63) is 206 Å². The summed E-state index contributed by atoms with van der Waals surface area (Å²) in [6, 6.07) is 70.2. The molecule has 8 aromatic rings. The third kappa shape index (κ3) is 5.57. The molecule has 4 bridgehead atoms. The van der Waals surface area contributed by atoms with E-state index < -0.39 is 24.6 Å². The number of rotatable bonds is 4. The second-order valence-corrected chi connectivity index (χ2v) is 17.1. The molecule has 0 radical (unpaired) electrons. The number of benzene rings is 8. The molecule has 0 saturated heterocycles. The van der Waals surface area contributed by atoms with Crippen LogP contribution in [0.2, 0.25) is 0 Å². The van der Waals surface area contributed by atoms with Crippen molar-refractivity contribution in [2.24, 2.45) is 0 Å². The summed E-state index contributed by atoms with van der Waals surface area (Å²) in [5, 5.41) is 0. The van der Waals surface area contributed by atoms with Gasteiger partial charge in [0.05, 0.1) is 0 Å². The van der Waals surface area contributed by atoms with Crippen LogP contribution in [0.25, 0.3) is 22.3 Å². The van der Waals surface area contributed by atoms with Gasteiger partial charge in [0.25, 0.3) is 0 Å². The molecule has 0 fully saturated rings. The molecule has 0 atom stereocenters. The summed E-state index contributed by atoms with van der Waals surface area (Å²) >= 11 is -1.26. The molecule has 0 amide bonds. The number of anilines is 10. The molecule has 6 heteroatoms. The van der Waals surface area contributed by atoms with E-state index in [1.807, 2.05) is 24.3 Å². The summed E-state index contributed by atoms with van der Waals surface area (Å²) < 4.78 is 29.1. The summed E-state index contributed by atoms with van der Waals surface area (Å²) in [6.45, 7) is -0.349. The van der Waals surface area contributed by atoms with Crippen LogP contribution in [0.4, 0.5) is 56.9 Å². The first-order chi connectivity index (χ1) is 29.8. The Morgan fingerprint density at radius 2 is 0.810 bits per heavy atom. The number of hydrogen-bond acceptors (Lipinski definition) is 5. The van der Waals surface area contributed by atoms with Gasteiger partial charge >= 0.3 is 353 Å². The van der Waals surface area contributed by atoms with Crippen LogP contribution in [-0.4, -0.2) is 15.3 Å². The SMILES string of the molecule is [2H]C([2H])([2H])N1[C]2=[Pt]=[C]3N(c4ccc(C)cc4)c4ccccc4N3c3cccc(c3)N(c3c(-c4ccccc4)cccc3-c3ccccc3)c3cccc(c3)N2c2ccccc21. The van der Waals surface area contributed by atoms with Crippen molar-refractivity contribution in [3.8, 4) is 22.3 Å². The Labute approximate surface area is 351 Å². The van der Waals surface area contributed by atoms with Gasteiger partial charge in [0.2, 0.25) is 0 Å². The van der Waals surface area contributed by atoms with E-state index in [2.05, 4.69) is 202 Å². The van der Waals surface area contributed by atoms with E-state index in [-0.39, 0.29) is 0 Å². The van der Waals surface area contributed by atoms with Crippen LogP contribution in [0.1, 0.15) is 9.68 Å². The molecule has 0 aromatic heterocycles. The van der Waals surface area contributed by atoms with Crippen LogP contribution in [-0.2, 0) is 17.6 Å². The number of aryl methyl sites for hydroxylation is 1. The summed E-state index contributed by atoms with van der Waals surface area (Å²) in [5.41, 5.74) is 15.0. The molecule has 8 aromatic carbocycles. The average Bonchev–Trinajstić information content (AvgIpc) is 3.80. The van der Waals surface area contributed by atoms with Crippen LogP contribution >= 0.6 is 0 Å². The molecule has 0 aliphatic carbocycles.